The van der Waals surface area contributed by atoms with E-state index in [1.807, 2.05) is 0 Å². The standard InChI is InChI=1S/C9H13N3O2S2/c1-4-6-12(5-2)16(13,14)8-7(3)11-9(10)15-8/h1H,5-6H2,2-3H3,(H2,10,11). The van der Waals surface area contributed by atoms with Crippen LogP contribution in [0.5, 0.6) is 0 Å². The first-order chi connectivity index (χ1) is 7.43. The van der Waals surface area contributed by atoms with Gasteiger partial charge in [-0.15, -0.1) is 6.42 Å². The fraction of sp³-hybridized carbons (Fsp3) is 0.444. The Kier molecular flexibility index (Phi) is 3.91. The molecule has 88 valence electrons. The zero-order chi connectivity index (χ0) is 12.3. The van der Waals surface area contributed by atoms with Gasteiger partial charge in [-0.05, 0) is 6.92 Å². The van der Waals surface area contributed by atoms with Crippen molar-refractivity contribution >= 4 is 26.5 Å². The number of thiazole rings is 1. The molecule has 0 unspecified atom stereocenters. The predicted octanol–water partition coefficient (Wildman–Crippen LogP) is 0.678. The van der Waals surface area contributed by atoms with Gasteiger partial charge in [0.25, 0.3) is 10.0 Å². The highest BCUT2D eigenvalue weighted by molar-refractivity contribution is 7.91. The van der Waals surface area contributed by atoms with Crippen molar-refractivity contribution in [3.63, 3.8) is 0 Å². The molecule has 1 heterocycles. The molecule has 0 radical (unpaired) electrons. The molecule has 0 amide bonds. The van der Waals surface area contributed by atoms with Crippen LogP contribution in [0, 0.1) is 19.3 Å². The highest BCUT2D eigenvalue weighted by atomic mass is 32.2. The maximum absolute atomic E-state index is 12.1. The summed E-state index contributed by atoms with van der Waals surface area (Å²) in [5.74, 6) is 2.32. The number of hydrogen-bond acceptors (Lipinski definition) is 5. The van der Waals surface area contributed by atoms with Crippen LogP contribution in [0.1, 0.15) is 12.6 Å². The zero-order valence-corrected chi connectivity index (χ0v) is 10.7. The van der Waals surface area contributed by atoms with Gasteiger partial charge in [0.2, 0.25) is 0 Å². The molecule has 2 N–H and O–H groups in total. The lowest BCUT2D eigenvalue weighted by atomic mass is 10.6. The molecule has 0 saturated heterocycles. The van der Waals surface area contributed by atoms with E-state index in [-0.39, 0.29) is 15.9 Å². The van der Waals surface area contributed by atoms with Crippen LogP contribution in [0.25, 0.3) is 0 Å². The summed E-state index contributed by atoms with van der Waals surface area (Å²) in [7, 11) is -3.56. The number of terminal acetylenes is 1. The van der Waals surface area contributed by atoms with E-state index < -0.39 is 10.0 Å². The molecular weight excluding hydrogens is 246 g/mol. The van der Waals surface area contributed by atoms with Crippen molar-refractivity contribution in [1.29, 1.82) is 0 Å². The van der Waals surface area contributed by atoms with E-state index >= 15 is 0 Å². The Labute approximate surface area is 99.3 Å². The fourth-order valence-corrected chi connectivity index (χ4v) is 4.03. The maximum atomic E-state index is 12.1. The second-order valence-corrected chi connectivity index (χ2v) is 6.22. The van der Waals surface area contributed by atoms with Gasteiger partial charge in [0.15, 0.2) is 9.34 Å². The average molecular weight is 259 g/mol. The third-order valence-corrected chi connectivity index (χ3v) is 5.46. The Morgan fingerprint density at radius 3 is 2.62 bits per heavy atom. The van der Waals surface area contributed by atoms with Crippen molar-refractivity contribution in [2.24, 2.45) is 0 Å². The molecule has 0 spiro atoms. The molecule has 0 aliphatic rings. The van der Waals surface area contributed by atoms with E-state index in [2.05, 4.69) is 10.9 Å². The van der Waals surface area contributed by atoms with Crippen LogP contribution in [-0.2, 0) is 10.0 Å². The summed E-state index contributed by atoms with van der Waals surface area (Å²) in [6.07, 6.45) is 5.13. The minimum absolute atomic E-state index is 0.0517. The lowest BCUT2D eigenvalue weighted by Gasteiger charge is -2.16. The number of hydrogen-bond donors (Lipinski definition) is 1. The number of nitrogen functional groups attached to an aromatic ring is 1. The number of nitrogens with two attached hydrogens (primary N) is 1. The summed E-state index contributed by atoms with van der Waals surface area (Å²) in [6, 6.07) is 0. The molecule has 0 aromatic carbocycles. The Bertz CT molecular complexity index is 513. The van der Waals surface area contributed by atoms with Crippen LogP contribution < -0.4 is 5.73 Å². The largest absolute Gasteiger partial charge is 0.375 e. The third-order valence-electron chi connectivity index (χ3n) is 1.97. The summed E-state index contributed by atoms with van der Waals surface area (Å²) in [6.45, 7) is 3.72. The number of sulfonamides is 1. The van der Waals surface area contributed by atoms with E-state index in [4.69, 9.17) is 12.2 Å². The normalized spacial score (nSPS) is 11.6. The topological polar surface area (TPSA) is 76.3 Å². The van der Waals surface area contributed by atoms with Gasteiger partial charge >= 0.3 is 0 Å². The van der Waals surface area contributed by atoms with Gasteiger partial charge in [0.1, 0.15) is 0 Å². The van der Waals surface area contributed by atoms with Crippen molar-refractivity contribution in [2.75, 3.05) is 18.8 Å². The van der Waals surface area contributed by atoms with Crippen LogP contribution in [0.2, 0.25) is 0 Å². The van der Waals surface area contributed by atoms with Gasteiger partial charge in [-0.25, -0.2) is 13.4 Å². The summed E-state index contributed by atoms with van der Waals surface area (Å²) in [5.41, 5.74) is 5.89. The second kappa shape index (κ2) is 4.82. The lowest BCUT2D eigenvalue weighted by Crippen LogP contribution is -2.31. The number of anilines is 1. The van der Waals surface area contributed by atoms with Gasteiger partial charge in [-0.1, -0.05) is 24.2 Å². The van der Waals surface area contributed by atoms with Gasteiger partial charge in [-0.2, -0.15) is 4.31 Å². The van der Waals surface area contributed by atoms with E-state index in [1.54, 1.807) is 13.8 Å². The smallest absolute Gasteiger partial charge is 0.255 e. The molecule has 1 rings (SSSR count). The second-order valence-electron chi connectivity index (χ2n) is 3.06. The third kappa shape index (κ3) is 2.35. The minimum atomic E-state index is -3.56. The van der Waals surface area contributed by atoms with E-state index in [1.165, 1.54) is 4.31 Å². The summed E-state index contributed by atoms with van der Waals surface area (Å²) in [4.78, 5) is 3.89. The molecule has 1 aromatic rings. The number of aryl methyl sites for hydroxylation is 1. The van der Waals surface area contributed by atoms with Crippen LogP contribution in [0.3, 0.4) is 0 Å². The van der Waals surface area contributed by atoms with Crippen molar-refractivity contribution in [3.05, 3.63) is 5.69 Å². The van der Waals surface area contributed by atoms with Gasteiger partial charge in [-0.3, -0.25) is 0 Å². The Balaban J connectivity index is 3.21. The highest BCUT2D eigenvalue weighted by Gasteiger charge is 2.27. The number of aromatic nitrogens is 1. The first-order valence-electron chi connectivity index (χ1n) is 4.60. The molecule has 1 aromatic heterocycles. The monoisotopic (exact) mass is 259 g/mol. The van der Waals surface area contributed by atoms with E-state index in [9.17, 15) is 8.42 Å². The zero-order valence-electron chi connectivity index (χ0n) is 9.10. The first-order valence-corrected chi connectivity index (χ1v) is 6.85. The van der Waals surface area contributed by atoms with Gasteiger partial charge < -0.3 is 5.73 Å². The Morgan fingerprint density at radius 1 is 1.62 bits per heavy atom. The summed E-state index contributed by atoms with van der Waals surface area (Å²) in [5, 5.41) is 0.243. The van der Waals surface area contributed by atoms with Crippen LogP contribution in [0.15, 0.2) is 4.21 Å². The molecule has 7 heteroatoms. The quantitative estimate of drug-likeness (QED) is 0.807. The molecule has 0 saturated carbocycles. The van der Waals surface area contributed by atoms with E-state index in [0.29, 0.717) is 12.2 Å². The van der Waals surface area contributed by atoms with Crippen LogP contribution in [-0.4, -0.2) is 30.8 Å². The molecule has 0 atom stereocenters. The molecule has 0 bridgehead atoms. The summed E-state index contributed by atoms with van der Waals surface area (Å²) >= 11 is 0.959. The predicted molar refractivity (Wildman–Crippen MR) is 64.5 cm³/mol. The first kappa shape index (κ1) is 13.0. The highest BCUT2D eigenvalue weighted by Crippen LogP contribution is 2.27. The van der Waals surface area contributed by atoms with E-state index in [0.717, 1.165) is 11.3 Å². The Hall–Kier alpha value is -1.10. The molecule has 5 nitrogen and oxygen atoms in total. The number of rotatable bonds is 4. The summed E-state index contributed by atoms with van der Waals surface area (Å²) < 4.78 is 25.6. The molecule has 16 heavy (non-hydrogen) atoms. The number of nitrogens with zero attached hydrogens (tertiary/aromatic N) is 2. The van der Waals surface area contributed by atoms with Gasteiger partial charge in [0, 0.05) is 6.54 Å². The maximum Gasteiger partial charge on any atom is 0.255 e. The van der Waals surface area contributed by atoms with Crippen LogP contribution >= 0.6 is 11.3 Å². The van der Waals surface area contributed by atoms with Gasteiger partial charge in [0.05, 0.1) is 12.2 Å². The average Bonchev–Trinajstić information content (AvgIpc) is 2.54. The molecule has 0 aliphatic carbocycles. The Morgan fingerprint density at radius 2 is 2.25 bits per heavy atom. The van der Waals surface area contributed by atoms with Crippen molar-refractivity contribution in [1.82, 2.24) is 9.29 Å². The SMILES string of the molecule is C#CCN(CC)S(=O)(=O)c1sc(N)nc1C. The molecular formula is C9H13N3O2S2. The van der Waals surface area contributed by atoms with Crippen LogP contribution in [0.4, 0.5) is 5.13 Å². The van der Waals surface area contributed by atoms with Crippen molar-refractivity contribution < 1.29 is 8.42 Å². The minimum Gasteiger partial charge on any atom is -0.375 e. The molecule has 0 aliphatic heterocycles. The van der Waals surface area contributed by atoms with Crippen molar-refractivity contribution in [2.45, 2.75) is 18.1 Å². The fourth-order valence-electron chi connectivity index (χ4n) is 1.23. The lowest BCUT2D eigenvalue weighted by molar-refractivity contribution is 0.465. The van der Waals surface area contributed by atoms with Crippen molar-refractivity contribution in [3.8, 4) is 12.3 Å². The molecule has 0 fully saturated rings.